The van der Waals surface area contributed by atoms with Gasteiger partial charge in [-0.1, -0.05) is 17.7 Å². The highest BCUT2D eigenvalue weighted by molar-refractivity contribution is 14.1. The van der Waals surface area contributed by atoms with E-state index in [9.17, 15) is 0 Å². The average molecular weight is 336 g/mol. The van der Waals surface area contributed by atoms with E-state index < -0.39 is 5.62 Å². The molecule has 0 aromatic carbocycles. The largest absolute Gasteiger partial charge is 0.424 e. The van der Waals surface area contributed by atoms with Crippen molar-refractivity contribution >= 4 is 34.4 Å². The lowest BCUT2D eigenvalue weighted by molar-refractivity contribution is -0.00377. The van der Waals surface area contributed by atoms with Gasteiger partial charge >= 0.3 is 6.01 Å². The molecule has 0 amide bonds. The first-order valence-electron chi connectivity index (χ1n) is 4.03. The molecule has 1 unspecified atom stereocenters. The Morgan fingerprint density at radius 2 is 2.27 bits per heavy atom. The standard InChI is InChI=1S/C9H9IN2O2S/c1-15-9(13-7-2-4-10)14-8-11-5-3-6-12-8/h3,5-6,9H,7H2,1H3. The van der Waals surface area contributed by atoms with Crippen LogP contribution in [-0.4, -0.2) is 28.5 Å². The van der Waals surface area contributed by atoms with E-state index in [-0.39, 0.29) is 0 Å². The number of hydrogen-bond donors (Lipinski definition) is 0. The van der Waals surface area contributed by atoms with Crippen molar-refractivity contribution in [2.45, 2.75) is 5.62 Å². The molecule has 0 N–H and O–H groups in total. The molecule has 0 spiro atoms. The van der Waals surface area contributed by atoms with Crippen LogP contribution in [0.1, 0.15) is 0 Å². The zero-order valence-electron chi connectivity index (χ0n) is 8.01. The molecule has 1 rings (SSSR count). The minimum Gasteiger partial charge on any atom is -0.424 e. The molecule has 0 aliphatic carbocycles. The Morgan fingerprint density at radius 3 is 2.87 bits per heavy atom. The molecule has 80 valence electrons. The van der Waals surface area contributed by atoms with Crippen LogP contribution in [0.5, 0.6) is 6.01 Å². The second-order valence-electron chi connectivity index (χ2n) is 2.26. The summed E-state index contributed by atoms with van der Waals surface area (Å²) in [4.78, 5) is 7.86. The van der Waals surface area contributed by atoms with Crippen LogP contribution < -0.4 is 4.74 Å². The third-order valence-electron chi connectivity index (χ3n) is 1.29. The molecular formula is C9H9IN2O2S. The van der Waals surface area contributed by atoms with Crippen molar-refractivity contribution in [3.05, 3.63) is 18.5 Å². The van der Waals surface area contributed by atoms with Gasteiger partial charge in [-0.2, -0.15) is 0 Å². The van der Waals surface area contributed by atoms with E-state index in [1.165, 1.54) is 11.8 Å². The Kier molecular flexibility index (Phi) is 6.47. The van der Waals surface area contributed by atoms with E-state index >= 15 is 0 Å². The molecule has 0 aliphatic rings. The molecule has 1 heterocycles. The predicted molar refractivity (Wildman–Crippen MR) is 67.7 cm³/mol. The summed E-state index contributed by atoms with van der Waals surface area (Å²) in [5.74, 6) is 2.78. The van der Waals surface area contributed by atoms with Crippen LogP contribution in [0.25, 0.3) is 0 Å². The Morgan fingerprint density at radius 1 is 1.53 bits per heavy atom. The number of aromatic nitrogens is 2. The highest BCUT2D eigenvalue weighted by Gasteiger charge is 2.09. The molecule has 6 heteroatoms. The maximum Gasteiger partial charge on any atom is 0.319 e. The van der Waals surface area contributed by atoms with Crippen molar-refractivity contribution in [2.75, 3.05) is 12.9 Å². The van der Waals surface area contributed by atoms with Gasteiger partial charge in [-0.15, -0.1) is 0 Å². The SMILES string of the molecule is CSC(OCC#CI)Oc1ncccn1. The molecule has 0 fully saturated rings. The van der Waals surface area contributed by atoms with E-state index in [0.29, 0.717) is 12.6 Å². The van der Waals surface area contributed by atoms with Gasteiger partial charge in [-0.3, -0.25) is 0 Å². The van der Waals surface area contributed by atoms with Crippen molar-refractivity contribution in [3.8, 4) is 15.9 Å². The minimum absolute atomic E-state index is 0.305. The van der Waals surface area contributed by atoms with E-state index in [2.05, 4.69) is 19.8 Å². The first-order valence-corrected chi connectivity index (χ1v) is 6.40. The summed E-state index contributed by atoms with van der Waals surface area (Å²) >= 11 is 3.38. The predicted octanol–water partition coefficient (Wildman–Crippen LogP) is 1.91. The maximum absolute atomic E-state index is 5.36. The van der Waals surface area contributed by atoms with Gasteiger partial charge in [0.05, 0.1) is 0 Å². The summed E-state index contributed by atoms with van der Waals surface area (Å²) in [6.07, 6.45) is 5.11. The van der Waals surface area contributed by atoms with Crippen molar-refractivity contribution in [2.24, 2.45) is 0 Å². The molecule has 1 atom stereocenters. The first-order chi connectivity index (χ1) is 7.36. The number of ether oxygens (including phenoxy) is 2. The molecule has 0 saturated heterocycles. The third kappa shape index (κ3) is 5.20. The number of hydrogen-bond acceptors (Lipinski definition) is 5. The third-order valence-corrected chi connectivity index (χ3v) is 2.29. The summed E-state index contributed by atoms with van der Waals surface area (Å²) in [6.45, 7) is 0.335. The maximum atomic E-state index is 5.36. The van der Waals surface area contributed by atoms with Crippen LogP contribution in [0.2, 0.25) is 0 Å². The minimum atomic E-state index is -0.426. The second-order valence-corrected chi connectivity index (χ2v) is 3.65. The van der Waals surface area contributed by atoms with Gasteiger partial charge < -0.3 is 9.47 Å². The van der Waals surface area contributed by atoms with E-state index in [1.54, 1.807) is 18.5 Å². The Balaban J connectivity index is 2.42. The van der Waals surface area contributed by atoms with Crippen LogP contribution >= 0.6 is 34.4 Å². The Hall–Kier alpha value is -0.520. The summed E-state index contributed by atoms with van der Waals surface area (Å²) < 4.78 is 13.4. The van der Waals surface area contributed by atoms with Gasteiger partial charge in [0.15, 0.2) is 0 Å². The average Bonchev–Trinajstić information content (AvgIpc) is 2.29. The van der Waals surface area contributed by atoms with Gasteiger partial charge in [0, 0.05) is 35.0 Å². The quantitative estimate of drug-likeness (QED) is 0.467. The van der Waals surface area contributed by atoms with Crippen molar-refractivity contribution < 1.29 is 9.47 Å². The topological polar surface area (TPSA) is 44.2 Å². The molecule has 1 aromatic rings. The lowest BCUT2D eigenvalue weighted by Crippen LogP contribution is -2.17. The number of halogens is 1. The van der Waals surface area contributed by atoms with Gasteiger partial charge in [0.1, 0.15) is 6.61 Å². The second kappa shape index (κ2) is 7.73. The lowest BCUT2D eigenvalue weighted by atomic mass is 10.7. The molecule has 0 aliphatic heterocycles. The van der Waals surface area contributed by atoms with Gasteiger partial charge in [0.25, 0.3) is 5.62 Å². The fourth-order valence-corrected chi connectivity index (χ4v) is 1.26. The summed E-state index contributed by atoms with van der Waals surface area (Å²) in [5.41, 5.74) is -0.426. The van der Waals surface area contributed by atoms with E-state index in [4.69, 9.17) is 9.47 Å². The molecule has 4 nitrogen and oxygen atoms in total. The zero-order valence-corrected chi connectivity index (χ0v) is 11.0. The highest BCUT2D eigenvalue weighted by atomic mass is 127. The summed E-state index contributed by atoms with van der Waals surface area (Å²) in [5, 5.41) is 0. The van der Waals surface area contributed by atoms with Crippen LogP contribution in [-0.2, 0) is 4.74 Å². The molecule has 15 heavy (non-hydrogen) atoms. The fraction of sp³-hybridized carbons (Fsp3) is 0.333. The van der Waals surface area contributed by atoms with Crippen molar-refractivity contribution in [1.82, 2.24) is 9.97 Å². The van der Waals surface area contributed by atoms with Gasteiger partial charge in [-0.25, -0.2) is 9.97 Å². The van der Waals surface area contributed by atoms with Crippen molar-refractivity contribution in [3.63, 3.8) is 0 Å². The fourth-order valence-electron chi connectivity index (χ4n) is 0.719. The number of thioether (sulfide) groups is 1. The number of rotatable bonds is 5. The highest BCUT2D eigenvalue weighted by Crippen LogP contribution is 2.12. The van der Waals surface area contributed by atoms with Crippen molar-refractivity contribution in [1.29, 1.82) is 0 Å². The number of nitrogens with zero attached hydrogens (tertiary/aromatic N) is 2. The van der Waals surface area contributed by atoms with Gasteiger partial charge in [-0.05, 0) is 16.2 Å². The van der Waals surface area contributed by atoms with Crippen LogP contribution in [0, 0.1) is 9.85 Å². The Bertz CT molecular complexity index is 339. The zero-order chi connectivity index (χ0) is 10.9. The monoisotopic (exact) mass is 336 g/mol. The first kappa shape index (κ1) is 12.5. The lowest BCUT2D eigenvalue weighted by Gasteiger charge is -2.13. The van der Waals surface area contributed by atoms with Gasteiger partial charge in [0.2, 0.25) is 0 Å². The molecule has 0 bridgehead atoms. The van der Waals surface area contributed by atoms with E-state index in [1.807, 2.05) is 28.8 Å². The van der Waals surface area contributed by atoms with Crippen LogP contribution in [0.4, 0.5) is 0 Å². The Labute approximate surface area is 106 Å². The van der Waals surface area contributed by atoms with Crippen LogP contribution in [0.15, 0.2) is 18.5 Å². The smallest absolute Gasteiger partial charge is 0.319 e. The molecule has 0 saturated carbocycles. The molecule has 0 radical (unpaired) electrons. The summed E-state index contributed by atoms with van der Waals surface area (Å²) in [6, 6.07) is 2.03. The van der Waals surface area contributed by atoms with E-state index in [0.717, 1.165) is 0 Å². The van der Waals surface area contributed by atoms with Crippen LogP contribution in [0.3, 0.4) is 0 Å². The normalized spacial score (nSPS) is 11.3. The molecular weight excluding hydrogens is 327 g/mol. The molecule has 1 aromatic heterocycles. The summed E-state index contributed by atoms with van der Waals surface area (Å²) in [7, 11) is 0.